The molecule has 0 saturated carbocycles. The van der Waals surface area contributed by atoms with Gasteiger partial charge in [-0.15, -0.1) is 0 Å². The first-order valence-corrected chi connectivity index (χ1v) is 8.55. The fraction of sp³-hybridized carbons (Fsp3) is 0.556. The summed E-state index contributed by atoms with van der Waals surface area (Å²) in [4.78, 5) is 26.1. The number of halogens is 2. The number of hydrogen-bond acceptors (Lipinski definition) is 3. The number of rotatable bonds is 6. The molecule has 1 aromatic carbocycles. The smallest absolute Gasteiger partial charge is 0.387 e. The van der Waals surface area contributed by atoms with Crippen molar-refractivity contribution < 1.29 is 23.1 Å². The molecular weight excluding hydrogens is 330 g/mol. The number of benzene rings is 1. The standard InChI is InChI=1S/C18H24F2N2O3/c1-3-5-16(23)22-10-8-13(9-11-22)17(24)21-14-6-4-7-15(12(14)2)25-18(19)20/h4,6-7,13,18H,3,5,8-11H2,1-2H3,(H,21,24). The fourth-order valence-corrected chi connectivity index (χ4v) is 2.97. The van der Waals surface area contributed by atoms with Gasteiger partial charge in [-0.25, -0.2) is 0 Å². The van der Waals surface area contributed by atoms with Crippen LogP contribution in [0.3, 0.4) is 0 Å². The van der Waals surface area contributed by atoms with Gasteiger partial charge in [0.2, 0.25) is 11.8 Å². The molecule has 1 heterocycles. The zero-order chi connectivity index (χ0) is 18.4. The highest BCUT2D eigenvalue weighted by Gasteiger charge is 2.27. The number of likely N-dealkylation sites (tertiary alicyclic amines) is 1. The van der Waals surface area contributed by atoms with E-state index in [4.69, 9.17) is 0 Å². The van der Waals surface area contributed by atoms with Crippen molar-refractivity contribution in [1.82, 2.24) is 4.90 Å². The lowest BCUT2D eigenvalue weighted by Crippen LogP contribution is -2.41. The van der Waals surface area contributed by atoms with E-state index in [1.165, 1.54) is 6.07 Å². The highest BCUT2D eigenvalue weighted by atomic mass is 19.3. The van der Waals surface area contributed by atoms with Gasteiger partial charge in [-0.2, -0.15) is 8.78 Å². The Labute approximate surface area is 146 Å². The van der Waals surface area contributed by atoms with Gasteiger partial charge in [0.25, 0.3) is 0 Å². The molecule has 138 valence electrons. The van der Waals surface area contributed by atoms with Crippen molar-refractivity contribution in [2.75, 3.05) is 18.4 Å². The lowest BCUT2D eigenvalue weighted by atomic mass is 9.95. The Morgan fingerprint density at radius 1 is 1.32 bits per heavy atom. The van der Waals surface area contributed by atoms with Crippen LogP contribution in [0.15, 0.2) is 18.2 Å². The van der Waals surface area contributed by atoms with Gasteiger partial charge < -0.3 is 15.0 Å². The van der Waals surface area contributed by atoms with Crippen LogP contribution >= 0.6 is 0 Å². The first-order valence-electron chi connectivity index (χ1n) is 8.55. The molecule has 25 heavy (non-hydrogen) atoms. The number of anilines is 1. The molecule has 0 unspecified atom stereocenters. The van der Waals surface area contributed by atoms with Crippen molar-refractivity contribution >= 4 is 17.5 Å². The van der Waals surface area contributed by atoms with E-state index < -0.39 is 6.61 Å². The molecule has 7 heteroatoms. The van der Waals surface area contributed by atoms with Crippen LogP contribution in [0.1, 0.15) is 38.2 Å². The largest absolute Gasteiger partial charge is 0.434 e. The lowest BCUT2D eigenvalue weighted by molar-refractivity contribution is -0.134. The van der Waals surface area contributed by atoms with Crippen molar-refractivity contribution in [3.63, 3.8) is 0 Å². The third kappa shape index (κ3) is 5.14. The molecule has 1 aromatic rings. The predicted octanol–water partition coefficient (Wildman–Crippen LogP) is 3.57. The van der Waals surface area contributed by atoms with Crippen LogP contribution < -0.4 is 10.1 Å². The summed E-state index contributed by atoms with van der Waals surface area (Å²) < 4.78 is 29.2. The molecule has 0 spiro atoms. The summed E-state index contributed by atoms with van der Waals surface area (Å²) in [6.45, 7) is 1.83. The predicted molar refractivity (Wildman–Crippen MR) is 90.7 cm³/mol. The Morgan fingerprint density at radius 3 is 2.60 bits per heavy atom. The van der Waals surface area contributed by atoms with Crippen LogP contribution in [0.2, 0.25) is 0 Å². The number of nitrogens with zero attached hydrogens (tertiary/aromatic N) is 1. The van der Waals surface area contributed by atoms with Crippen molar-refractivity contribution in [2.24, 2.45) is 5.92 Å². The molecule has 0 atom stereocenters. The maximum atomic E-state index is 12.5. The van der Waals surface area contributed by atoms with E-state index in [0.717, 1.165) is 6.42 Å². The topological polar surface area (TPSA) is 58.6 Å². The van der Waals surface area contributed by atoms with E-state index in [-0.39, 0.29) is 23.5 Å². The van der Waals surface area contributed by atoms with Crippen molar-refractivity contribution in [3.8, 4) is 5.75 Å². The van der Waals surface area contributed by atoms with Crippen LogP contribution in [0.5, 0.6) is 5.75 Å². The Hall–Kier alpha value is -2.18. The minimum Gasteiger partial charge on any atom is -0.434 e. The van der Waals surface area contributed by atoms with Gasteiger partial charge in [0.05, 0.1) is 0 Å². The van der Waals surface area contributed by atoms with Crippen molar-refractivity contribution in [1.29, 1.82) is 0 Å². The summed E-state index contributed by atoms with van der Waals surface area (Å²) in [6.07, 6.45) is 2.56. The quantitative estimate of drug-likeness (QED) is 0.850. The zero-order valence-electron chi connectivity index (χ0n) is 14.6. The second kappa shape index (κ2) is 8.78. The summed E-state index contributed by atoms with van der Waals surface area (Å²) in [5.41, 5.74) is 0.930. The molecule has 0 aromatic heterocycles. The van der Waals surface area contributed by atoms with Gasteiger partial charge >= 0.3 is 6.61 Å². The van der Waals surface area contributed by atoms with E-state index >= 15 is 0 Å². The van der Waals surface area contributed by atoms with E-state index in [1.54, 1.807) is 24.0 Å². The number of nitrogens with one attached hydrogen (secondary N) is 1. The average molecular weight is 354 g/mol. The first kappa shape index (κ1) is 19.1. The summed E-state index contributed by atoms with van der Waals surface area (Å²) in [7, 11) is 0. The molecule has 0 aliphatic carbocycles. The van der Waals surface area contributed by atoms with E-state index in [1.807, 2.05) is 6.92 Å². The molecule has 2 amide bonds. The third-order valence-electron chi connectivity index (χ3n) is 4.44. The van der Waals surface area contributed by atoms with Crippen LogP contribution in [0.25, 0.3) is 0 Å². The zero-order valence-corrected chi connectivity index (χ0v) is 14.6. The molecule has 1 saturated heterocycles. The van der Waals surface area contributed by atoms with Gasteiger partial charge in [0.1, 0.15) is 5.75 Å². The van der Waals surface area contributed by atoms with Gasteiger partial charge in [0, 0.05) is 36.7 Å². The monoisotopic (exact) mass is 354 g/mol. The maximum absolute atomic E-state index is 12.5. The van der Waals surface area contributed by atoms with Gasteiger partial charge in [-0.3, -0.25) is 9.59 Å². The Kier molecular flexibility index (Phi) is 6.73. The lowest BCUT2D eigenvalue weighted by Gasteiger charge is -2.31. The summed E-state index contributed by atoms with van der Waals surface area (Å²) in [6, 6.07) is 4.66. The summed E-state index contributed by atoms with van der Waals surface area (Å²) in [5.74, 6) is -0.161. The molecular formula is C18H24F2N2O3. The van der Waals surface area contributed by atoms with Gasteiger partial charge in [0.15, 0.2) is 0 Å². The maximum Gasteiger partial charge on any atom is 0.387 e. The molecule has 1 N–H and O–H groups in total. The SMILES string of the molecule is CCCC(=O)N1CCC(C(=O)Nc2cccc(OC(F)F)c2C)CC1. The summed E-state index contributed by atoms with van der Waals surface area (Å²) >= 11 is 0. The van der Waals surface area contributed by atoms with Crippen molar-refractivity contribution in [2.45, 2.75) is 46.1 Å². The van der Waals surface area contributed by atoms with E-state index in [2.05, 4.69) is 10.1 Å². The normalized spacial score (nSPS) is 15.3. The van der Waals surface area contributed by atoms with Crippen molar-refractivity contribution in [3.05, 3.63) is 23.8 Å². The number of ether oxygens (including phenoxy) is 1. The molecule has 0 bridgehead atoms. The van der Waals surface area contributed by atoms with Crippen LogP contribution in [0, 0.1) is 12.8 Å². The van der Waals surface area contributed by atoms with Gasteiger partial charge in [-0.1, -0.05) is 13.0 Å². The third-order valence-corrected chi connectivity index (χ3v) is 4.44. The minimum atomic E-state index is -2.91. The number of piperidine rings is 1. The number of carbonyl (C=O) groups excluding carboxylic acids is 2. The van der Waals surface area contributed by atoms with Crippen LogP contribution in [-0.4, -0.2) is 36.4 Å². The van der Waals surface area contributed by atoms with Crippen LogP contribution in [0.4, 0.5) is 14.5 Å². The van der Waals surface area contributed by atoms with Crippen LogP contribution in [-0.2, 0) is 9.59 Å². The van der Waals surface area contributed by atoms with E-state index in [9.17, 15) is 18.4 Å². The highest BCUT2D eigenvalue weighted by Crippen LogP contribution is 2.28. The van der Waals surface area contributed by atoms with Gasteiger partial charge in [-0.05, 0) is 38.3 Å². The Bertz CT molecular complexity index is 614. The Balaban J connectivity index is 1.94. The first-order chi connectivity index (χ1) is 11.9. The second-order valence-corrected chi connectivity index (χ2v) is 6.20. The molecule has 1 aliphatic heterocycles. The number of alkyl halides is 2. The number of amides is 2. The minimum absolute atomic E-state index is 0.0489. The molecule has 0 radical (unpaired) electrons. The molecule has 2 rings (SSSR count). The molecule has 1 aliphatic rings. The number of hydrogen-bond donors (Lipinski definition) is 1. The summed E-state index contributed by atoms with van der Waals surface area (Å²) in [5, 5.41) is 2.80. The number of carbonyl (C=O) groups is 2. The average Bonchev–Trinajstić information content (AvgIpc) is 2.58. The Morgan fingerprint density at radius 2 is 2.00 bits per heavy atom. The fourth-order valence-electron chi connectivity index (χ4n) is 2.97. The molecule has 1 fully saturated rings. The second-order valence-electron chi connectivity index (χ2n) is 6.20. The molecule has 5 nitrogen and oxygen atoms in total. The highest BCUT2D eigenvalue weighted by molar-refractivity contribution is 5.93. The van der Waals surface area contributed by atoms with E-state index in [0.29, 0.717) is 43.6 Å².